The Balaban J connectivity index is 2.58. The summed E-state index contributed by atoms with van der Waals surface area (Å²) in [5.74, 6) is -0.389. The van der Waals surface area contributed by atoms with E-state index in [0.717, 1.165) is 5.56 Å². The van der Waals surface area contributed by atoms with E-state index < -0.39 is 5.41 Å². The fourth-order valence-corrected chi connectivity index (χ4v) is 2.55. The van der Waals surface area contributed by atoms with E-state index in [0.29, 0.717) is 25.8 Å². The Hall–Kier alpha value is -1.49. The molecule has 0 saturated heterocycles. The molecule has 0 aromatic heterocycles. The van der Waals surface area contributed by atoms with Crippen molar-refractivity contribution in [2.45, 2.75) is 33.1 Å². The SMILES string of the molecule is CCC(CC)(C(=O)NCCc1ccc(F)cc1)C(N)=S. The van der Waals surface area contributed by atoms with Gasteiger partial charge in [0.25, 0.3) is 0 Å². The quantitative estimate of drug-likeness (QED) is 0.760. The average molecular weight is 296 g/mol. The van der Waals surface area contributed by atoms with Crippen LogP contribution in [0.3, 0.4) is 0 Å². The van der Waals surface area contributed by atoms with Gasteiger partial charge in [0.15, 0.2) is 0 Å². The predicted octanol–water partition coefficient (Wildman–Crippen LogP) is 2.58. The molecule has 0 radical (unpaired) electrons. The zero-order valence-electron chi connectivity index (χ0n) is 11.9. The third kappa shape index (κ3) is 3.76. The highest BCUT2D eigenvalue weighted by atomic mass is 32.1. The van der Waals surface area contributed by atoms with E-state index in [2.05, 4.69) is 5.32 Å². The Kier molecular flexibility index (Phi) is 6.07. The zero-order chi connectivity index (χ0) is 15.2. The van der Waals surface area contributed by atoms with Crippen LogP contribution < -0.4 is 11.1 Å². The minimum Gasteiger partial charge on any atom is -0.392 e. The number of halogens is 1. The second-order valence-electron chi connectivity index (χ2n) is 4.79. The Labute approximate surface area is 124 Å². The van der Waals surface area contributed by atoms with Crippen LogP contribution in [0.2, 0.25) is 0 Å². The summed E-state index contributed by atoms with van der Waals surface area (Å²) < 4.78 is 12.8. The number of benzene rings is 1. The maximum atomic E-state index is 12.8. The van der Waals surface area contributed by atoms with E-state index in [1.165, 1.54) is 12.1 Å². The second kappa shape index (κ2) is 7.33. The number of thiocarbonyl (C=S) groups is 1. The van der Waals surface area contributed by atoms with Crippen LogP contribution in [0.5, 0.6) is 0 Å². The van der Waals surface area contributed by atoms with Crippen molar-refractivity contribution in [2.75, 3.05) is 6.54 Å². The summed E-state index contributed by atoms with van der Waals surface area (Å²) >= 11 is 5.04. The Morgan fingerprint density at radius 2 is 1.85 bits per heavy atom. The van der Waals surface area contributed by atoms with Crippen LogP contribution in [-0.2, 0) is 11.2 Å². The number of carbonyl (C=O) groups excluding carboxylic acids is 1. The van der Waals surface area contributed by atoms with Gasteiger partial charge in [-0.2, -0.15) is 0 Å². The molecule has 0 spiro atoms. The molecule has 1 amide bonds. The largest absolute Gasteiger partial charge is 0.392 e. The summed E-state index contributed by atoms with van der Waals surface area (Å²) in [5.41, 5.74) is 5.93. The summed E-state index contributed by atoms with van der Waals surface area (Å²) in [6.45, 7) is 4.29. The molecule has 1 aromatic rings. The van der Waals surface area contributed by atoms with Crippen molar-refractivity contribution < 1.29 is 9.18 Å². The lowest BCUT2D eigenvalue weighted by molar-refractivity contribution is -0.127. The van der Waals surface area contributed by atoms with Gasteiger partial charge in [-0.15, -0.1) is 0 Å². The average Bonchev–Trinajstić information content (AvgIpc) is 2.42. The standard InChI is InChI=1S/C15H21FN2OS/c1-3-15(4-2,13(17)20)14(19)18-10-9-11-5-7-12(16)8-6-11/h5-8H,3-4,9-10H2,1-2H3,(H2,17,20)(H,18,19). The van der Waals surface area contributed by atoms with Crippen molar-refractivity contribution in [1.82, 2.24) is 5.32 Å². The topological polar surface area (TPSA) is 55.1 Å². The molecule has 1 aromatic carbocycles. The number of hydrogen-bond donors (Lipinski definition) is 2. The fourth-order valence-electron chi connectivity index (χ4n) is 2.17. The van der Waals surface area contributed by atoms with Crippen LogP contribution in [0.1, 0.15) is 32.3 Å². The van der Waals surface area contributed by atoms with Gasteiger partial charge in [0, 0.05) is 6.54 Å². The summed E-state index contributed by atoms with van der Waals surface area (Å²) in [6.07, 6.45) is 1.81. The molecular weight excluding hydrogens is 275 g/mol. The minimum atomic E-state index is -0.766. The Morgan fingerprint density at radius 1 is 1.30 bits per heavy atom. The van der Waals surface area contributed by atoms with E-state index in [4.69, 9.17) is 18.0 Å². The normalized spacial score (nSPS) is 11.2. The lowest BCUT2D eigenvalue weighted by atomic mass is 9.81. The molecule has 0 aliphatic rings. The molecule has 3 N–H and O–H groups in total. The summed E-state index contributed by atoms with van der Waals surface area (Å²) in [5, 5.41) is 2.87. The molecule has 1 rings (SSSR count). The molecule has 0 saturated carbocycles. The molecule has 0 aliphatic carbocycles. The second-order valence-corrected chi connectivity index (χ2v) is 5.23. The first-order valence-corrected chi connectivity index (χ1v) is 7.19. The van der Waals surface area contributed by atoms with Gasteiger partial charge in [-0.25, -0.2) is 4.39 Å². The molecule has 110 valence electrons. The summed E-state index contributed by atoms with van der Waals surface area (Å²) in [6, 6.07) is 6.24. The lowest BCUT2D eigenvalue weighted by Gasteiger charge is -2.28. The van der Waals surface area contributed by atoms with Gasteiger partial charge >= 0.3 is 0 Å². The van der Waals surface area contributed by atoms with Gasteiger partial charge in [0.05, 0.1) is 10.4 Å². The van der Waals surface area contributed by atoms with Crippen molar-refractivity contribution in [3.8, 4) is 0 Å². The fraction of sp³-hybridized carbons (Fsp3) is 0.467. The van der Waals surface area contributed by atoms with Crippen molar-refractivity contribution in [1.29, 1.82) is 0 Å². The van der Waals surface area contributed by atoms with Crippen LogP contribution in [0.4, 0.5) is 4.39 Å². The molecule has 5 heteroatoms. The number of carbonyl (C=O) groups is 1. The van der Waals surface area contributed by atoms with Gasteiger partial charge in [-0.05, 0) is 37.0 Å². The highest BCUT2D eigenvalue weighted by molar-refractivity contribution is 7.80. The molecule has 0 fully saturated rings. The highest BCUT2D eigenvalue weighted by Gasteiger charge is 2.37. The number of nitrogens with one attached hydrogen (secondary N) is 1. The van der Waals surface area contributed by atoms with E-state index in [1.54, 1.807) is 12.1 Å². The first-order valence-electron chi connectivity index (χ1n) is 6.79. The van der Waals surface area contributed by atoms with Gasteiger partial charge < -0.3 is 11.1 Å². The Bertz CT molecular complexity index is 469. The van der Waals surface area contributed by atoms with Crippen molar-refractivity contribution >= 4 is 23.1 Å². The highest BCUT2D eigenvalue weighted by Crippen LogP contribution is 2.27. The maximum Gasteiger partial charge on any atom is 0.233 e. The number of amides is 1. The third-order valence-electron chi connectivity index (χ3n) is 3.73. The van der Waals surface area contributed by atoms with Crippen LogP contribution in [0.15, 0.2) is 24.3 Å². The van der Waals surface area contributed by atoms with Crippen LogP contribution in [0, 0.1) is 11.2 Å². The van der Waals surface area contributed by atoms with Gasteiger partial charge in [-0.1, -0.05) is 38.2 Å². The molecule has 0 heterocycles. The molecule has 0 bridgehead atoms. The molecule has 0 unspecified atom stereocenters. The zero-order valence-corrected chi connectivity index (χ0v) is 12.7. The number of hydrogen-bond acceptors (Lipinski definition) is 2. The molecule has 0 atom stereocenters. The summed E-state index contributed by atoms with van der Waals surface area (Å²) in [4.78, 5) is 12.5. The maximum absolute atomic E-state index is 12.8. The smallest absolute Gasteiger partial charge is 0.233 e. The van der Waals surface area contributed by atoms with Crippen LogP contribution in [0.25, 0.3) is 0 Å². The van der Waals surface area contributed by atoms with Crippen LogP contribution in [-0.4, -0.2) is 17.4 Å². The van der Waals surface area contributed by atoms with Crippen LogP contribution >= 0.6 is 12.2 Å². The first-order chi connectivity index (χ1) is 9.46. The van der Waals surface area contributed by atoms with Gasteiger partial charge in [0.2, 0.25) is 5.91 Å². The van der Waals surface area contributed by atoms with Gasteiger partial charge in [-0.3, -0.25) is 4.79 Å². The molecule has 0 aliphatic heterocycles. The van der Waals surface area contributed by atoms with E-state index in [1.807, 2.05) is 13.8 Å². The van der Waals surface area contributed by atoms with Crippen molar-refractivity contribution in [3.05, 3.63) is 35.6 Å². The molecular formula is C15H21FN2OS. The predicted molar refractivity (Wildman–Crippen MR) is 82.9 cm³/mol. The van der Waals surface area contributed by atoms with Gasteiger partial charge in [0.1, 0.15) is 5.82 Å². The third-order valence-corrected chi connectivity index (χ3v) is 4.12. The summed E-state index contributed by atoms with van der Waals surface area (Å²) in [7, 11) is 0. The van der Waals surface area contributed by atoms with E-state index in [-0.39, 0.29) is 16.7 Å². The molecule has 20 heavy (non-hydrogen) atoms. The monoisotopic (exact) mass is 296 g/mol. The number of nitrogens with two attached hydrogens (primary N) is 1. The number of rotatable bonds is 7. The molecule has 3 nitrogen and oxygen atoms in total. The van der Waals surface area contributed by atoms with E-state index >= 15 is 0 Å². The van der Waals surface area contributed by atoms with Crippen molar-refractivity contribution in [2.24, 2.45) is 11.1 Å². The minimum absolute atomic E-state index is 0.128. The van der Waals surface area contributed by atoms with Crippen molar-refractivity contribution in [3.63, 3.8) is 0 Å². The lowest BCUT2D eigenvalue weighted by Crippen LogP contribution is -2.48. The first kappa shape index (κ1) is 16.6. The Morgan fingerprint density at radius 3 is 2.30 bits per heavy atom. The van der Waals surface area contributed by atoms with E-state index in [9.17, 15) is 9.18 Å².